The number of hydrogen-bond donors (Lipinski definition) is 3. The number of anilines is 3. The predicted molar refractivity (Wildman–Crippen MR) is 107 cm³/mol. The molecule has 1 heterocycles. The number of ether oxygens (including phenoxy) is 1. The third kappa shape index (κ3) is 4.36. The van der Waals surface area contributed by atoms with Crippen LogP contribution in [0.4, 0.5) is 17.5 Å². The highest BCUT2D eigenvalue weighted by Gasteiger charge is 2.13. The van der Waals surface area contributed by atoms with Crippen LogP contribution in [0.5, 0.6) is 5.75 Å². The number of rotatable bonds is 7. The van der Waals surface area contributed by atoms with Crippen molar-refractivity contribution < 1.29 is 4.74 Å². The molecule has 0 aliphatic heterocycles. The van der Waals surface area contributed by atoms with Crippen LogP contribution in [0.3, 0.4) is 0 Å². The van der Waals surface area contributed by atoms with Crippen molar-refractivity contribution in [3.8, 4) is 5.75 Å². The zero-order valence-corrected chi connectivity index (χ0v) is 15.2. The first-order valence-electron chi connectivity index (χ1n) is 8.09. The van der Waals surface area contributed by atoms with Gasteiger partial charge in [0.1, 0.15) is 11.6 Å². The highest BCUT2D eigenvalue weighted by Crippen LogP contribution is 2.21. The van der Waals surface area contributed by atoms with Gasteiger partial charge in [0.05, 0.1) is 18.4 Å². The minimum Gasteiger partial charge on any atom is -0.497 e. The van der Waals surface area contributed by atoms with Gasteiger partial charge in [-0.2, -0.15) is 4.98 Å². The third-order valence-corrected chi connectivity index (χ3v) is 3.75. The molecule has 6 heteroatoms. The van der Waals surface area contributed by atoms with Crippen molar-refractivity contribution in [2.24, 2.45) is 0 Å². The van der Waals surface area contributed by atoms with Crippen LogP contribution in [0.15, 0.2) is 66.4 Å². The summed E-state index contributed by atoms with van der Waals surface area (Å²) < 4.78 is 5.13. The van der Waals surface area contributed by atoms with E-state index in [4.69, 9.17) is 15.9 Å². The van der Waals surface area contributed by atoms with Crippen molar-refractivity contribution >= 4 is 23.2 Å². The Morgan fingerprint density at radius 1 is 1.31 bits per heavy atom. The molecule has 0 aliphatic rings. The van der Waals surface area contributed by atoms with Gasteiger partial charge in [0.15, 0.2) is 0 Å². The monoisotopic (exact) mass is 349 g/mol. The van der Waals surface area contributed by atoms with Crippen LogP contribution in [0.2, 0.25) is 0 Å². The minimum absolute atomic E-state index is 0.230. The number of allylic oxidation sites excluding steroid dienone is 5. The first-order valence-corrected chi connectivity index (χ1v) is 8.09. The number of aromatic nitrogens is 2. The lowest BCUT2D eigenvalue weighted by atomic mass is 9.99. The van der Waals surface area contributed by atoms with Crippen LogP contribution in [0.1, 0.15) is 19.4 Å². The van der Waals surface area contributed by atoms with E-state index in [9.17, 15) is 0 Å². The normalized spacial score (nSPS) is 11.8. The Morgan fingerprint density at radius 2 is 2.00 bits per heavy atom. The summed E-state index contributed by atoms with van der Waals surface area (Å²) in [7, 11) is 1.61. The van der Waals surface area contributed by atoms with Gasteiger partial charge in [-0.25, -0.2) is 4.98 Å². The number of nitrogens with zero attached hydrogens (tertiary/aromatic N) is 2. The van der Waals surface area contributed by atoms with Crippen LogP contribution < -0.4 is 15.8 Å². The van der Waals surface area contributed by atoms with Crippen molar-refractivity contribution in [1.82, 2.24) is 9.97 Å². The molecule has 2 rings (SSSR count). The zero-order chi connectivity index (χ0) is 19.1. The Labute approximate surface area is 153 Å². The molecule has 134 valence electrons. The Morgan fingerprint density at radius 3 is 2.54 bits per heavy atom. The summed E-state index contributed by atoms with van der Waals surface area (Å²) >= 11 is 0. The maximum atomic E-state index is 8.42. The van der Waals surface area contributed by atoms with E-state index in [0.29, 0.717) is 17.1 Å². The summed E-state index contributed by atoms with van der Waals surface area (Å²) in [5.74, 6) is 1.35. The molecule has 0 saturated heterocycles. The summed E-state index contributed by atoms with van der Waals surface area (Å²) in [4.78, 5) is 8.53. The van der Waals surface area contributed by atoms with Crippen LogP contribution >= 0.6 is 0 Å². The molecule has 0 unspecified atom stereocenters. The average molecular weight is 349 g/mol. The number of benzene rings is 1. The number of nitrogens with one attached hydrogen (secondary N) is 2. The molecule has 26 heavy (non-hydrogen) atoms. The number of methoxy groups -OCH3 is 1. The number of nitrogens with two attached hydrogens (primary N) is 1. The van der Waals surface area contributed by atoms with Crippen LogP contribution in [0, 0.1) is 5.41 Å². The molecule has 1 aromatic heterocycles. The molecule has 0 bridgehead atoms. The highest BCUT2D eigenvalue weighted by molar-refractivity contribution is 6.15. The van der Waals surface area contributed by atoms with Crippen molar-refractivity contribution in [1.29, 1.82) is 5.41 Å². The fraction of sp³-hybridized carbons (Fsp3) is 0.150. The summed E-state index contributed by atoms with van der Waals surface area (Å²) in [6.45, 7) is 7.63. The largest absolute Gasteiger partial charge is 0.497 e. The zero-order valence-electron chi connectivity index (χ0n) is 15.2. The molecule has 0 spiro atoms. The second-order valence-corrected chi connectivity index (χ2v) is 5.52. The van der Waals surface area contributed by atoms with Gasteiger partial charge in [-0.1, -0.05) is 24.8 Å². The molecule has 0 atom stereocenters. The van der Waals surface area contributed by atoms with Gasteiger partial charge in [0, 0.05) is 17.5 Å². The molecule has 4 N–H and O–H groups in total. The quantitative estimate of drug-likeness (QED) is 0.513. The first-order chi connectivity index (χ1) is 12.5. The molecule has 2 aromatic rings. The molecule has 0 radical (unpaired) electrons. The van der Waals surface area contributed by atoms with E-state index in [1.807, 2.05) is 50.3 Å². The van der Waals surface area contributed by atoms with Gasteiger partial charge in [-0.05, 0) is 43.7 Å². The summed E-state index contributed by atoms with van der Waals surface area (Å²) in [6, 6.07) is 7.38. The molecule has 1 aromatic carbocycles. The Kier molecular flexibility index (Phi) is 6.27. The fourth-order valence-electron chi connectivity index (χ4n) is 2.40. The van der Waals surface area contributed by atoms with Gasteiger partial charge in [-0.15, -0.1) is 0 Å². The van der Waals surface area contributed by atoms with E-state index in [1.54, 1.807) is 19.4 Å². The SMILES string of the molecule is C=C/C(C(=N)c1cnc(Nc2ccc(OC)cc2)nc1N)=C(C)\C=C/C. The van der Waals surface area contributed by atoms with E-state index in [0.717, 1.165) is 17.0 Å². The lowest BCUT2D eigenvalue weighted by Gasteiger charge is -2.11. The number of hydrogen-bond acceptors (Lipinski definition) is 6. The Balaban J connectivity index is 2.27. The topological polar surface area (TPSA) is 96.9 Å². The maximum absolute atomic E-state index is 8.42. The maximum Gasteiger partial charge on any atom is 0.229 e. The summed E-state index contributed by atoms with van der Waals surface area (Å²) in [6.07, 6.45) is 7.01. The predicted octanol–water partition coefficient (Wildman–Crippen LogP) is 4.26. The van der Waals surface area contributed by atoms with Crippen LogP contribution in [-0.2, 0) is 0 Å². The molecular formula is C20H23N5O. The highest BCUT2D eigenvalue weighted by atomic mass is 16.5. The van der Waals surface area contributed by atoms with Crippen molar-refractivity contribution in [2.45, 2.75) is 13.8 Å². The Bertz CT molecular complexity index is 866. The lowest BCUT2D eigenvalue weighted by molar-refractivity contribution is 0.415. The van der Waals surface area contributed by atoms with Crippen molar-refractivity contribution in [3.63, 3.8) is 0 Å². The molecular weight excluding hydrogens is 326 g/mol. The summed E-state index contributed by atoms with van der Waals surface area (Å²) in [5.41, 5.74) is 9.18. The van der Waals surface area contributed by atoms with Crippen molar-refractivity contribution in [3.05, 3.63) is 72.0 Å². The molecule has 0 aliphatic carbocycles. The first kappa shape index (κ1) is 18.9. The molecule has 6 nitrogen and oxygen atoms in total. The average Bonchev–Trinajstić information content (AvgIpc) is 2.63. The van der Waals surface area contributed by atoms with Gasteiger partial charge >= 0.3 is 0 Å². The molecule has 0 fully saturated rings. The van der Waals surface area contributed by atoms with E-state index in [2.05, 4.69) is 21.9 Å². The Hall–Kier alpha value is -3.41. The van der Waals surface area contributed by atoms with Crippen LogP contribution in [-0.4, -0.2) is 22.8 Å². The number of nitrogen functional groups attached to an aromatic ring is 1. The van der Waals surface area contributed by atoms with E-state index in [-0.39, 0.29) is 11.5 Å². The lowest BCUT2D eigenvalue weighted by Crippen LogP contribution is -2.11. The van der Waals surface area contributed by atoms with Gasteiger partial charge in [0.25, 0.3) is 0 Å². The summed E-state index contributed by atoms with van der Waals surface area (Å²) in [5, 5.41) is 11.5. The van der Waals surface area contributed by atoms with Gasteiger partial charge in [-0.3, -0.25) is 5.41 Å². The third-order valence-electron chi connectivity index (χ3n) is 3.75. The second kappa shape index (κ2) is 8.62. The fourth-order valence-corrected chi connectivity index (χ4v) is 2.40. The van der Waals surface area contributed by atoms with Gasteiger partial charge in [0.2, 0.25) is 5.95 Å². The smallest absolute Gasteiger partial charge is 0.229 e. The molecule has 0 amide bonds. The standard InChI is InChI=1S/C20H23N5O/c1-5-7-13(3)16(6-2)18(21)17-12-23-20(25-19(17)22)24-14-8-10-15(26-4)11-9-14/h5-12,21H,2H2,1,3-4H3,(H3,22,23,24,25)/b7-5-,16-13+,21-18?. The molecule has 0 saturated carbocycles. The minimum atomic E-state index is 0.230. The van der Waals surface area contributed by atoms with Crippen LogP contribution in [0.25, 0.3) is 0 Å². The van der Waals surface area contributed by atoms with E-state index in [1.165, 1.54) is 0 Å². The van der Waals surface area contributed by atoms with E-state index < -0.39 is 0 Å². The van der Waals surface area contributed by atoms with E-state index >= 15 is 0 Å². The van der Waals surface area contributed by atoms with Crippen molar-refractivity contribution in [2.75, 3.05) is 18.2 Å². The van der Waals surface area contributed by atoms with Gasteiger partial charge < -0.3 is 15.8 Å². The second-order valence-electron chi connectivity index (χ2n) is 5.52.